The van der Waals surface area contributed by atoms with Crippen molar-refractivity contribution in [3.05, 3.63) is 46.1 Å². The third kappa shape index (κ3) is 3.30. The lowest BCUT2D eigenvalue weighted by Gasteiger charge is -2.19. The molecule has 5 nitrogen and oxygen atoms in total. The lowest BCUT2D eigenvalue weighted by atomic mass is 9.84. The minimum absolute atomic E-state index is 0.130. The fraction of sp³-hybridized carbons (Fsp3) is 0.476. The van der Waals surface area contributed by atoms with Crippen molar-refractivity contribution in [1.29, 1.82) is 0 Å². The van der Waals surface area contributed by atoms with Crippen molar-refractivity contribution in [2.45, 2.75) is 59.4 Å². The van der Waals surface area contributed by atoms with Crippen molar-refractivity contribution in [2.24, 2.45) is 0 Å². The maximum atomic E-state index is 13.2. The number of hydrogen-bond acceptors (Lipinski definition) is 4. The van der Waals surface area contributed by atoms with Gasteiger partial charge in [0, 0.05) is 24.1 Å². The Morgan fingerprint density at radius 1 is 1.23 bits per heavy atom. The van der Waals surface area contributed by atoms with Crippen molar-refractivity contribution in [3.8, 4) is 5.88 Å². The van der Waals surface area contributed by atoms with Crippen LogP contribution < -0.4 is 4.74 Å². The van der Waals surface area contributed by atoms with E-state index >= 15 is 0 Å². The number of rotatable bonds is 7. The number of fused-ring (bicyclic) bond motifs is 1. The SMILES string of the molecule is CCCCOc1c(C(=O)c2ccc3c(c2C)C(=O)CCC3)cnn1CC. The Bertz CT molecular complexity index is 836. The van der Waals surface area contributed by atoms with E-state index in [-0.39, 0.29) is 11.6 Å². The van der Waals surface area contributed by atoms with Gasteiger partial charge in [0.2, 0.25) is 5.88 Å². The van der Waals surface area contributed by atoms with E-state index in [9.17, 15) is 9.59 Å². The van der Waals surface area contributed by atoms with Gasteiger partial charge in [-0.3, -0.25) is 9.59 Å². The van der Waals surface area contributed by atoms with Gasteiger partial charge in [0.25, 0.3) is 0 Å². The van der Waals surface area contributed by atoms with E-state index < -0.39 is 0 Å². The number of benzene rings is 1. The molecule has 2 aromatic rings. The number of ketones is 2. The van der Waals surface area contributed by atoms with Gasteiger partial charge >= 0.3 is 0 Å². The van der Waals surface area contributed by atoms with Crippen molar-refractivity contribution in [3.63, 3.8) is 0 Å². The van der Waals surface area contributed by atoms with E-state index in [0.29, 0.717) is 36.6 Å². The first kappa shape index (κ1) is 18.4. The summed E-state index contributed by atoms with van der Waals surface area (Å²) in [7, 11) is 0. The van der Waals surface area contributed by atoms with Crippen LogP contribution in [0.4, 0.5) is 0 Å². The maximum Gasteiger partial charge on any atom is 0.223 e. The first-order valence-corrected chi connectivity index (χ1v) is 9.47. The normalized spacial score (nSPS) is 13.6. The predicted octanol–water partition coefficient (Wildman–Crippen LogP) is 4.14. The standard InChI is InChI=1S/C21H26N2O3/c1-4-6-12-26-21-17(13-22-23(21)5-2)20(25)16-11-10-15-8-7-9-18(24)19(15)14(16)3/h10-11,13H,4-9,12H2,1-3H3. The highest BCUT2D eigenvalue weighted by molar-refractivity contribution is 6.13. The molecule has 1 aliphatic carbocycles. The smallest absolute Gasteiger partial charge is 0.223 e. The number of Topliss-reactive ketones (excluding diaryl/α,β-unsaturated/α-hetero) is 1. The molecule has 1 aromatic carbocycles. The molecular weight excluding hydrogens is 328 g/mol. The van der Waals surface area contributed by atoms with Gasteiger partial charge in [-0.1, -0.05) is 25.5 Å². The van der Waals surface area contributed by atoms with Crippen molar-refractivity contribution >= 4 is 11.6 Å². The molecule has 138 valence electrons. The van der Waals surface area contributed by atoms with E-state index in [4.69, 9.17) is 4.74 Å². The number of aryl methyl sites for hydroxylation is 2. The van der Waals surface area contributed by atoms with Crippen LogP contribution in [0.2, 0.25) is 0 Å². The predicted molar refractivity (Wildman–Crippen MR) is 100 cm³/mol. The highest BCUT2D eigenvalue weighted by Crippen LogP contribution is 2.30. The number of carbonyl (C=O) groups excluding carboxylic acids is 2. The molecule has 0 N–H and O–H groups in total. The average Bonchev–Trinajstić information content (AvgIpc) is 3.04. The molecule has 0 saturated heterocycles. The molecule has 0 unspecified atom stereocenters. The molecule has 0 aliphatic heterocycles. The zero-order valence-corrected chi connectivity index (χ0v) is 15.8. The Morgan fingerprint density at radius 3 is 2.77 bits per heavy atom. The third-order valence-electron chi connectivity index (χ3n) is 5.00. The van der Waals surface area contributed by atoms with Crippen LogP contribution >= 0.6 is 0 Å². The molecule has 0 atom stereocenters. The third-order valence-corrected chi connectivity index (χ3v) is 5.00. The largest absolute Gasteiger partial charge is 0.477 e. The molecule has 26 heavy (non-hydrogen) atoms. The Kier molecular flexibility index (Phi) is 5.55. The lowest BCUT2D eigenvalue weighted by molar-refractivity contribution is 0.0972. The lowest BCUT2D eigenvalue weighted by Crippen LogP contribution is -2.16. The molecule has 5 heteroatoms. The summed E-state index contributed by atoms with van der Waals surface area (Å²) in [6, 6.07) is 3.77. The Labute approximate surface area is 154 Å². The maximum absolute atomic E-state index is 13.2. The molecule has 0 amide bonds. The fourth-order valence-electron chi connectivity index (χ4n) is 3.54. The second-order valence-electron chi connectivity index (χ2n) is 6.76. The highest BCUT2D eigenvalue weighted by Gasteiger charge is 2.26. The molecule has 0 fully saturated rings. The molecule has 1 aromatic heterocycles. The summed E-state index contributed by atoms with van der Waals surface area (Å²) in [5.74, 6) is 0.534. The van der Waals surface area contributed by atoms with Gasteiger partial charge in [0.05, 0.1) is 12.8 Å². The Morgan fingerprint density at radius 2 is 2.04 bits per heavy atom. The van der Waals surface area contributed by atoms with Gasteiger partial charge < -0.3 is 4.74 Å². The summed E-state index contributed by atoms with van der Waals surface area (Å²) < 4.78 is 7.58. The number of hydrogen-bond donors (Lipinski definition) is 0. The van der Waals surface area contributed by atoms with Crippen LogP contribution in [-0.4, -0.2) is 28.0 Å². The Balaban J connectivity index is 1.99. The summed E-state index contributed by atoms with van der Waals surface area (Å²) in [4.78, 5) is 25.6. The van der Waals surface area contributed by atoms with Crippen LogP contribution in [0.1, 0.15) is 76.9 Å². The second-order valence-corrected chi connectivity index (χ2v) is 6.76. The van der Waals surface area contributed by atoms with E-state index in [0.717, 1.165) is 42.4 Å². The molecule has 0 bridgehead atoms. The zero-order valence-electron chi connectivity index (χ0n) is 15.8. The van der Waals surface area contributed by atoms with Gasteiger partial charge in [-0.25, -0.2) is 4.68 Å². The molecule has 1 aliphatic rings. The van der Waals surface area contributed by atoms with E-state index in [1.54, 1.807) is 10.9 Å². The molecule has 1 heterocycles. The topological polar surface area (TPSA) is 61.2 Å². The second kappa shape index (κ2) is 7.85. The highest BCUT2D eigenvalue weighted by atomic mass is 16.5. The summed E-state index contributed by atoms with van der Waals surface area (Å²) in [5, 5.41) is 4.30. The van der Waals surface area contributed by atoms with Crippen molar-refractivity contribution in [1.82, 2.24) is 9.78 Å². The van der Waals surface area contributed by atoms with Crippen molar-refractivity contribution < 1.29 is 14.3 Å². The first-order valence-electron chi connectivity index (χ1n) is 9.47. The van der Waals surface area contributed by atoms with Crippen LogP contribution in [0.25, 0.3) is 0 Å². The fourth-order valence-corrected chi connectivity index (χ4v) is 3.54. The minimum Gasteiger partial charge on any atom is -0.477 e. The number of aromatic nitrogens is 2. The monoisotopic (exact) mass is 354 g/mol. The minimum atomic E-state index is -0.130. The van der Waals surface area contributed by atoms with Crippen LogP contribution in [-0.2, 0) is 13.0 Å². The Hall–Kier alpha value is -2.43. The average molecular weight is 354 g/mol. The van der Waals surface area contributed by atoms with E-state index in [1.165, 1.54) is 0 Å². The quantitative estimate of drug-likeness (QED) is 0.554. The number of ether oxygens (including phenoxy) is 1. The van der Waals surface area contributed by atoms with Crippen LogP contribution in [0.15, 0.2) is 18.3 Å². The van der Waals surface area contributed by atoms with Gasteiger partial charge in [0.15, 0.2) is 11.6 Å². The molecule has 3 rings (SSSR count). The van der Waals surface area contributed by atoms with Gasteiger partial charge in [-0.05, 0) is 44.2 Å². The number of unbranched alkanes of at least 4 members (excludes halogenated alkanes) is 1. The van der Waals surface area contributed by atoms with Crippen LogP contribution in [0.5, 0.6) is 5.88 Å². The van der Waals surface area contributed by atoms with Crippen LogP contribution in [0.3, 0.4) is 0 Å². The van der Waals surface area contributed by atoms with Gasteiger partial charge in [-0.15, -0.1) is 0 Å². The zero-order chi connectivity index (χ0) is 18.7. The van der Waals surface area contributed by atoms with E-state index in [2.05, 4.69) is 12.0 Å². The first-order chi connectivity index (χ1) is 12.6. The summed E-state index contributed by atoms with van der Waals surface area (Å²) in [6.07, 6.45) is 5.87. The van der Waals surface area contributed by atoms with Gasteiger partial charge in [-0.2, -0.15) is 5.10 Å². The summed E-state index contributed by atoms with van der Waals surface area (Å²) in [5.41, 5.74) is 3.60. The van der Waals surface area contributed by atoms with E-state index in [1.807, 2.05) is 26.0 Å². The van der Waals surface area contributed by atoms with Crippen molar-refractivity contribution in [2.75, 3.05) is 6.61 Å². The number of nitrogens with zero attached hydrogens (tertiary/aromatic N) is 2. The molecule has 0 saturated carbocycles. The van der Waals surface area contributed by atoms with Crippen LogP contribution in [0, 0.1) is 6.92 Å². The summed E-state index contributed by atoms with van der Waals surface area (Å²) >= 11 is 0. The molecule has 0 spiro atoms. The summed E-state index contributed by atoms with van der Waals surface area (Å²) in [6.45, 7) is 7.13. The number of carbonyl (C=O) groups is 2. The van der Waals surface area contributed by atoms with Gasteiger partial charge in [0.1, 0.15) is 5.56 Å². The molecular formula is C21H26N2O3. The molecule has 0 radical (unpaired) electrons.